The number of nitrogens with two attached hydrogens (primary N) is 1. The number of carbonyl (C=O) groups excluding carboxylic acids is 5. The number of anilines is 1. The van der Waals surface area contributed by atoms with Crippen LogP contribution in [0.1, 0.15) is 24.2 Å². The summed E-state index contributed by atoms with van der Waals surface area (Å²) in [6, 6.07) is 4.16. The van der Waals surface area contributed by atoms with E-state index in [1.807, 2.05) is 0 Å². The molecule has 0 aliphatic carbocycles. The largest absolute Gasteiger partial charge is 0.489 e. The minimum Gasteiger partial charge on any atom is -0.489 e. The van der Waals surface area contributed by atoms with Crippen molar-refractivity contribution in [3.8, 4) is 5.75 Å². The van der Waals surface area contributed by atoms with Crippen molar-refractivity contribution in [1.29, 1.82) is 0 Å². The van der Waals surface area contributed by atoms with Gasteiger partial charge in [0.2, 0.25) is 0 Å². The Labute approximate surface area is 160 Å². The summed E-state index contributed by atoms with van der Waals surface area (Å²) in [7, 11) is 0. The van der Waals surface area contributed by atoms with Crippen molar-refractivity contribution in [2.75, 3.05) is 31.7 Å². The highest BCUT2D eigenvalue weighted by Crippen LogP contribution is 2.26. The van der Waals surface area contributed by atoms with Crippen molar-refractivity contribution in [1.82, 2.24) is 0 Å². The smallest absolute Gasteiger partial charge is 0.417 e. The Morgan fingerprint density at radius 1 is 0.893 bits per heavy atom. The van der Waals surface area contributed by atoms with E-state index >= 15 is 0 Å². The van der Waals surface area contributed by atoms with Crippen LogP contribution in [0.15, 0.2) is 18.2 Å². The first-order chi connectivity index (χ1) is 13.3. The molecule has 0 spiro atoms. The van der Waals surface area contributed by atoms with E-state index in [-0.39, 0.29) is 43.4 Å². The molecular formula is C17H20N2O9. The van der Waals surface area contributed by atoms with Gasteiger partial charge in [0.15, 0.2) is 0 Å². The summed E-state index contributed by atoms with van der Waals surface area (Å²) in [6.45, 7) is 2.56. The number of carbonyl (C=O) groups is 5. The van der Waals surface area contributed by atoms with E-state index in [1.54, 1.807) is 0 Å². The van der Waals surface area contributed by atoms with Crippen LogP contribution in [0.2, 0.25) is 0 Å². The number of hydrogen-bond donors (Lipinski definition) is 2. The van der Waals surface area contributed by atoms with E-state index in [0.29, 0.717) is 0 Å². The third kappa shape index (κ3) is 6.59. The van der Waals surface area contributed by atoms with Crippen LogP contribution in [0.3, 0.4) is 0 Å². The highest BCUT2D eigenvalue weighted by Gasteiger charge is 2.21. The molecule has 11 nitrogen and oxygen atoms in total. The van der Waals surface area contributed by atoms with Crippen molar-refractivity contribution < 1.29 is 42.9 Å². The molecule has 0 saturated heterocycles. The highest BCUT2D eigenvalue weighted by molar-refractivity contribution is 6.37. The van der Waals surface area contributed by atoms with Gasteiger partial charge in [-0.05, 0) is 26.0 Å². The molecule has 1 aromatic carbocycles. The first kappa shape index (κ1) is 22.4. The molecular weight excluding hydrogens is 376 g/mol. The van der Waals surface area contributed by atoms with Gasteiger partial charge < -0.3 is 30.0 Å². The second-order valence-corrected chi connectivity index (χ2v) is 4.92. The SMILES string of the molecule is CCOC(=O)C(=O)Nc1cccc(OCCOC(=O)C(=O)OCC)c1C(N)=O. The van der Waals surface area contributed by atoms with Gasteiger partial charge in [0.25, 0.3) is 5.91 Å². The van der Waals surface area contributed by atoms with Crippen LogP contribution in [-0.2, 0) is 33.4 Å². The predicted molar refractivity (Wildman–Crippen MR) is 93.3 cm³/mol. The molecule has 0 unspecified atom stereocenters. The number of primary amides is 1. The summed E-state index contributed by atoms with van der Waals surface area (Å²) in [6.07, 6.45) is 0. The van der Waals surface area contributed by atoms with Gasteiger partial charge in [0, 0.05) is 0 Å². The van der Waals surface area contributed by atoms with E-state index < -0.39 is 29.7 Å². The molecule has 0 aromatic heterocycles. The second-order valence-electron chi connectivity index (χ2n) is 4.92. The van der Waals surface area contributed by atoms with Gasteiger partial charge in [-0.2, -0.15) is 0 Å². The molecule has 11 heteroatoms. The average molecular weight is 396 g/mol. The average Bonchev–Trinajstić information content (AvgIpc) is 2.65. The Hall–Kier alpha value is -3.63. The van der Waals surface area contributed by atoms with Crippen LogP contribution in [0.5, 0.6) is 5.75 Å². The zero-order valence-electron chi connectivity index (χ0n) is 15.3. The highest BCUT2D eigenvalue weighted by atomic mass is 16.6. The second kappa shape index (κ2) is 11.2. The molecule has 0 radical (unpaired) electrons. The number of esters is 3. The van der Waals surface area contributed by atoms with Crippen molar-refractivity contribution in [2.24, 2.45) is 5.73 Å². The Morgan fingerprint density at radius 2 is 1.50 bits per heavy atom. The van der Waals surface area contributed by atoms with E-state index in [9.17, 15) is 24.0 Å². The van der Waals surface area contributed by atoms with Crippen molar-refractivity contribution >= 4 is 35.4 Å². The van der Waals surface area contributed by atoms with Crippen molar-refractivity contribution in [2.45, 2.75) is 13.8 Å². The summed E-state index contributed by atoms with van der Waals surface area (Å²) >= 11 is 0. The zero-order valence-corrected chi connectivity index (χ0v) is 15.3. The van der Waals surface area contributed by atoms with Gasteiger partial charge in [-0.1, -0.05) is 6.07 Å². The maximum Gasteiger partial charge on any atom is 0.417 e. The van der Waals surface area contributed by atoms with Gasteiger partial charge in [0.1, 0.15) is 24.5 Å². The van der Waals surface area contributed by atoms with Crippen LogP contribution >= 0.6 is 0 Å². The molecule has 0 heterocycles. The van der Waals surface area contributed by atoms with Crippen LogP contribution in [0.4, 0.5) is 5.69 Å². The molecule has 152 valence electrons. The Bertz CT molecular complexity index is 761. The molecule has 1 rings (SSSR count). The quantitative estimate of drug-likeness (QED) is 0.262. The first-order valence-corrected chi connectivity index (χ1v) is 8.19. The summed E-state index contributed by atoms with van der Waals surface area (Å²) < 4.78 is 19.0. The van der Waals surface area contributed by atoms with Crippen LogP contribution in [0.25, 0.3) is 0 Å². The van der Waals surface area contributed by atoms with E-state index in [1.165, 1.54) is 32.0 Å². The van der Waals surface area contributed by atoms with Crippen LogP contribution < -0.4 is 15.8 Å². The standard InChI is InChI=1S/C17H20N2O9/c1-3-25-15(22)14(21)19-10-6-5-7-11(12(10)13(18)20)27-8-9-28-17(24)16(23)26-4-2/h5-7H,3-4,8-9H2,1-2H3,(H2,18,20)(H,19,21). The molecule has 3 N–H and O–H groups in total. The molecule has 0 bridgehead atoms. The third-order valence-electron chi connectivity index (χ3n) is 3.00. The fourth-order valence-electron chi connectivity index (χ4n) is 1.91. The maximum atomic E-state index is 11.8. The van der Waals surface area contributed by atoms with Gasteiger partial charge in [-0.25, -0.2) is 14.4 Å². The molecule has 0 saturated carbocycles. The number of amides is 2. The van der Waals surface area contributed by atoms with E-state index in [4.69, 9.17) is 10.5 Å². The summed E-state index contributed by atoms with van der Waals surface area (Å²) in [4.78, 5) is 57.3. The minimum atomic E-state index is -1.18. The number of hydrogen-bond acceptors (Lipinski definition) is 9. The number of nitrogens with one attached hydrogen (secondary N) is 1. The molecule has 28 heavy (non-hydrogen) atoms. The van der Waals surface area contributed by atoms with E-state index in [2.05, 4.69) is 19.5 Å². The fourth-order valence-corrected chi connectivity index (χ4v) is 1.91. The molecule has 1 aromatic rings. The number of ether oxygens (including phenoxy) is 4. The molecule has 0 aliphatic heterocycles. The normalized spacial score (nSPS) is 9.79. The molecule has 0 aliphatic rings. The fraction of sp³-hybridized carbons (Fsp3) is 0.353. The van der Waals surface area contributed by atoms with Gasteiger partial charge in [-0.3, -0.25) is 9.59 Å². The lowest BCUT2D eigenvalue weighted by molar-refractivity contribution is -0.167. The topological polar surface area (TPSA) is 160 Å². The minimum absolute atomic E-state index is 0.00258. The number of rotatable bonds is 8. The lowest BCUT2D eigenvalue weighted by Crippen LogP contribution is -2.27. The Kier molecular flexibility index (Phi) is 8.93. The predicted octanol–water partition coefficient (Wildman–Crippen LogP) is -0.228. The maximum absolute atomic E-state index is 11.8. The molecule has 0 atom stereocenters. The first-order valence-electron chi connectivity index (χ1n) is 8.19. The van der Waals surface area contributed by atoms with Gasteiger partial charge in [0.05, 0.1) is 18.9 Å². The van der Waals surface area contributed by atoms with Gasteiger partial charge >= 0.3 is 23.8 Å². The van der Waals surface area contributed by atoms with Crippen LogP contribution in [0, 0.1) is 0 Å². The lowest BCUT2D eigenvalue weighted by atomic mass is 10.1. The zero-order chi connectivity index (χ0) is 21.1. The Morgan fingerprint density at radius 3 is 2.11 bits per heavy atom. The van der Waals surface area contributed by atoms with Gasteiger partial charge in [-0.15, -0.1) is 0 Å². The van der Waals surface area contributed by atoms with Crippen molar-refractivity contribution in [3.05, 3.63) is 23.8 Å². The third-order valence-corrected chi connectivity index (χ3v) is 3.00. The van der Waals surface area contributed by atoms with Crippen LogP contribution in [-0.4, -0.2) is 56.1 Å². The number of benzene rings is 1. The lowest BCUT2D eigenvalue weighted by Gasteiger charge is -2.14. The Balaban J connectivity index is 2.78. The molecule has 0 fully saturated rings. The van der Waals surface area contributed by atoms with E-state index in [0.717, 1.165) is 0 Å². The summed E-state index contributed by atoms with van der Waals surface area (Å²) in [5, 5.41) is 2.21. The monoisotopic (exact) mass is 396 g/mol. The van der Waals surface area contributed by atoms with Crippen molar-refractivity contribution in [3.63, 3.8) is 0 Å². The summed E-state index contributed by atoms with van der Waals surface area (Å²) in [5.74, 6) is -5.50. The molecule has 2 amide bonds. The summed E-state index contributed by atoms with van der Waals surface area (Å²) in [5.41, 5.74) is 5.06.